The minimum absolute atomic E-state index is 0.182. The van der Waals surface area contributed by atoms with Gasteiger partial charge < -0.3 is 4.74 Å². The average Bonchev–Trinajstić information content (AvgIpc) is 2.72. The second-order valence-corrected chi connectivity index (χ2v) is 9.40. The summed E-state index contributed by atoms with van der Waals surface area (Å²) >= 11 is 0. The van der Waals surface area contributed by atoms with Crippen LogP contribution in [0.1, 0.15) is 129 Å². The summed E-state index contributed by atoms with van der Waals surface area (Å²) in [6.45, 7) is 4.17. The molecule has 0 aliphatic heterocycles. The summed E-state index contributed by atoms with van der Waals surface area (Å²) in [7, 11) is -4.69. The average molecular weight is 463 g/mol. The van der Waals surface area contributed by atoms with Gasteiger partial charge in [0.1, 0.15) is 0 Å². The molecule has 184 valence electrons. The molecule has 0 spiro atoms. The molecular formula is C24H46O6S. The first-order chi connectivity index (χ1) is 14.9. The third-order valence-corrected chi connectivity index (χ3v) is 5.80. The molecule has 0 heterocycles. The van der Waals surface area contributed by atoms with E-state index in [0.29, 0.717) is 6.42 Å². The van der Waals surface area contributed by atoms with E-state index in [-0.39, 0.29) is 6.42 Å². The molecular weight excluding hydrogens is 416 g/mol. The maximum Gasteiger partial charge on any atom is 0.398 e. The molecule has 0 fully saturated rings. The summed E-state index contributed by atoms with van der Waals surface area (Å²) in [5.74, 6) is -0.803. The lowest BCUT2D eigenvalue weighted by Gasteiger charge is -2.12. The van der Waals surface area contributed by atoms with Crippen LogP contribution in [0.4, 0.5) is 0 Å². The summed E-state index contributed by atoms with van der Waals surface area (Å²) in [6, 6.07) is 0. The van der Waals surface area contributed by atoms with Crippen LogP contribution in [0.2, 0.25) is 0 Å². The SMILES string of the molecule is CCCCCCCCCCCCCCCCC=COC(=O)C(CCCC)OS(=O)(=O)O. The number of carbonyl (C=O) groups is 1. The van der Waals surface area contributed by atoms with Crippen molar-refractivity contribution >= 4 is 16.4 Å². The van der Waals surface area contributed by atoms with Crippen molar-refractivity contribution in [1.29, 1.82) is 0 Å². The number of esters is 1. The lowest BCUT2D eigenvalue weighted by Crippen LogP contribution is -2.28. The molecule has 6 nitrogen and oxygen atoms in total. The van der Waals surface area contributed by atoms with E-state index >= 15 is 0 Å². The van der Waals surface area contributed by atoms with E-state index in [1.165, 1.54) is 83.3 Å². The first kappa shape index (κ1) is 30.1. The number of rotatable bonds is 22. The van der Waals surface area contributed by atoms with Gasteiger partial charge in [-0.3, -0.25) is 4.55 Å². The highest BCUT2D eigenvalue weighted by Gasteiger charge is 2.25. The van der Waals surface area contributed by atoms with Crippen molar-refractivity contribution in [2.45, 2.75) is 136 Å². The Kier molecular flexibility index (Phi) is 20.3. The molecule has 0 saturated heterocycles. The highest BCUT2D eigenvalue weighted by molar-refractivity contribution is 7.80. The van der Waals surface area contributed by atoms with Crippen LogP contribution < -0.4 is 0 Å². The Balaban J connectivity index is 3.62. The fraction of sp³-hybridized carbons (Fsp3) is 0.875. The minimum Gasteiger partial charge on any atom is -0.433 e. The van der Waals surface area contributed by atoms with Gasteiger partial charge in [-0.2, -0.15) is 8.42 Å². The van der Waals surface area contributed by atoms with Crippen molar-refractivity contribution in [2.24, 2.45) is 0 Å². The van der Waals surface area contributed by atoms with Gasteiger partial charge in [-0.1, -0.05) is 110 Å². The molecule has 0 radical (unpaired) electrons. The number of hydrogen-bond acceptors (Lipinski definition) is 5. The Hall–Kier alpha value is -0.920. The molecule has 31 heavy (non-hydrogen) atoms. The lowest BCUT2D eigenvalue weighted by molar-refractivity contribution is -0.146. The molecule has 0 aromatic carbocycles. The van der Waals surface area contributed by atoms with E-state index in [2.05, 4.69) is 11.1 Å². The number of ether oxygens (including phenoxy) is 1. The van der Waals surface area contributed by atoms with Crippen LogP contribution in [-0.2, 0) is 24.1 Å². The van der Waals surface area contributed by atoms with E-state index in [0.717, 1.165) is 25.7 Å². The van der Waals surface area contributed by atoms with Crippen molar-refractivity contribution in [3.05, 3.63) is 12.3 Å². The van der Waals surface area contributed by atoms with E-state index in [1.807, 2.05) is 6.92 Å². The molecule has 1 N–H and O–H groups in total. The van der Waals surface area contributed by atoms with Gasteiger partial charge in [0.2, 0.25) is 0 Å². The summed E-state index contributed by atoms with van der Waals surface area (Å²) < 4.78 is 39.8. The van der Waals surface area contributed by atoms with Crippen LogP contribution in [-0.4, -0.2) is 25.0 Å². The molecule has 1 atom stereocenters. The summed E-state index contributed by atoms with van der Waals surface area (Å²) in [5, 5.41) is 0. The van der Waals surface area contributed by atoms with Crippen LogP contribution in [0.3, 0.4) is 0 Å². The highest BCUT2D eigenvalue weighted by Crippen LogP contribution is 2.14. The van der Waals surface area contributed by atoms with Crippen LogP contribution in [0, 0.1) is 0 Å². The predicted octanol–water partition coefficient (Wildman–Crippen LogP) is 7.29. The number of carbonyl (C=O) groups excluding carboxylic acids is 1. The molecule has 0 aliphatic rings. The number of unbranched alkanes of at least 4 members (excludes halogenated alkanes) is 15. The first-order valence-corrected chi connectivity index (χ1v) is 13.8. The van der Waals surface area contributed by atoms with Gasteiger partial charge in [-0.15, -0.1) is 0 Å². The second kappa shape index (κ2) is 21.0. The maximum absolute atomic E-state index is 11.9. The molecule has 0 aromatic heterocycles. The third kappa shape index (κ3) is 22.1. The number of allylic oxidation sites excluding steroid dienone is 1. The summed E-state index contributed by atoms with van der Waals surface area (Å²) in [5.41, 5.74) is 0. The van der Waals surface area contributed by atoms with Gasteiger partial charge in [0.05, 0.1) is 6.26 Å². The Bertz CT molecular complexity index is 544. The molecule has 0 amide bonds. The zero-order chi connectivity index (χ0) is 23.2. The monoisotopic (exact) mass is 462 g/mol. The fourth-order valence-corrected chi connectivity index (χ4v) is 3.93. The molecule has 0 rings (SSSR count). The summed E-state index contributed by atoms with van der Waals surface area (Å²) in [6.07, 6.45) is 22.5. The van der Waals surface area contributed by atoms with Crippen molar-refractivity contribution in [3.8, 4) is 0 Å². The van der Waals surface area contributed by atoms with E-state index in [1.54, 1.807) is 6.08 Å². The molecule has 0 aromatic rings. The van der Waals surface area contributed by atoms with Crippen LogP contribution >= 0.6 is 0 Å². The zero-order valence-electron chi connectivity index (χ0n) is 19.9. The van der Waals surface area contributed by atoms with E-state index in [9.17, 15) is 13.2 Å². The molecule has 0 saturated carbocycles. The Morgan fingerprint density at radius 1 is 0.774 bits per heavy atom. The zero-order valence-corrected chi connectivity index (χ0v) is 20.7. The summed E-state index contributed by atoms with van der Waals surface area (Å²) in [4.78, 5) is 11.9. The van der Waals surface area contributed by atoms with Crippen LogP contribution in [0.5, 0.6) is 0 Å². The Morgan fingerprint density at radius 3 is 1.68 bits per heavy atom. The van der Waals surface area contributed by atoms with Crippen molar-refractivity contribution < 1.29 is 26.7 Å². The Morgan fingerprint density at radius 2 is 1.23 bits per heavy atom. The van der Waals surface area contributed by atoms with Gasteiger partial charge in [0.15, 0.2) is 6.10 Å². The quantitative estimate of drug-likeness (QED) is 0.0786. The Labute approximate surface area is 191 Å². The predicted molar refractivity (Wildman–Crippen MR) is 126 cm³/mol. The molecule has 1 unspecified atom stereocenters. The van der Waals surface area contributed by atoms with Crippen molar-refractivity contribution in [2.75, 3.05) is 0 Å². The third-order valence-electron chi connectivity index (χ3n) is 5.33. The number of hydrogen-bond donors (Lipinski definition) is 1. The van der Waals surface area contributed by atoms with E-state index < -0.39 is 22.5 Å². The lowest BCUT2D eigenvalue weighted by atomic mass is 10.0. The standard InChI is InChI=1S/C24H46O6S/c1-3-5-7-8-9-10-11-12-13-14-15-16-17-18-19-20-22-29-24(25)23(21-6-4-2)30-31(26,27)28/h20,22-23H,3-19,21H2,1-2H3,(H,26,27,28). The molecule has 7 heteroatoms. The van der Waals surface area contributed by atoms with E-state index in [4.69, 9.17) is 9.29 Å². The largest absolute Gasteiger partial charge is 0.433 e. The normalized spacial score (nSPS) is 13.0. The van der Waals surface area contributed by atoms with Crippen LogP contribution in [0.25, 0.3) is 0 Å². The fourth-order valence-electron chi connectivity index (χ4n) is 3.46. The van der Waals surface area contributed by atoms with Crippen molar-refractivity contribution in [1.82, 2.24) is 0 Å². The van der Waals surface area contributed by atoms with Gasteiger partial charge in [0.25, 0.3) is 0 Å². The first-order valence-electron chi connectivity index (χ1n) is 12.4. The maximum atomic E-state index is 11.9. The second-order valence-electron chi connectivity index (χ2n) is 8.35. The minimum atomic E-state index is -4.69. The molecule has 0 bridgehead atoms. The topological polar surface area (TPSA) is 89.9 Å². The molecule has 0 aliphatic carbocycles. The van der Waals surface area contributed by atoms with Gasteiger partial charge in [0, 0.05) is 0 Å². The highest BCUT2D eigenvalue weighted by atomic mass is 32.3. The van der Waals surface area contributed by atoms with Crippen LogP contribution in [0.15, 0.2) is 12.3 Å². The van der Waals surface area contributed by atoms with Gasteiger partial charge in [-0.25, -0.2) is 8.98 Å². The van der Waals surface area contributed by atoms with Crippen molar-refractivity contribution in [3.63, 3.8) is 0 Å². The van der Waals surface area contributed by atoms with Gasteiger partial charge in [-0.05, 0) is 25.3 Å². The smallest absolute Gasteiger partial charge is 0.398 e. The van der Waals surface area contributed by atoms with Gasteiger partial charge >= 0.3 is 16.4 Å².